The first kappa shape index (κ1) is 15.5. The zero-order valence-electron chi connectivity index (χ0n) is 13.2. The first-order chi connectivity index (χ1) is 10.7. The molecule has 8 nitrogen and oxygen atoms in total. The number of fused-ring (bicyclic) bond motifs is 1. The maximum Gasteiger partial charge on any atom is 0.269 e. The number of hydrogen-bond donors (Lipinski definition) is 1. The van der Waals surface area contributed by atoms with Crippen molar-refractivity contribution in [1.29, 1.82) is 0 Å². The minimum atomic E-state index is -3.97. The highest BCUT2D eigenvalue weighted by atomic mass is 32.2. The second-order valence-electron chi connectivity index (χ2n) is 5.46. The Balaban J connectivity index is 2.25. The van der Waals surface area contributed by atoms with Gasteiger partial charge in [-0.25, -0.2) is 17.7 Å². The molecule has 0 saturated heterocycles. The molecular formula is C14H17N5O3S. The summed E-state index contributed by atoms with van der Waals surface area (Å²) in [6.45, 7) is 4.85. The van der Waals surface area contributed by atoms with E-state index < -0.39 is 22.0 Å². The number of anilines is 2. The minimum absolute atomic E-state index is 0.109. The van der Waals surface area contributed by atoms with E-state index >= 15 is 0 Å². The fourth-order valence-electron chi connectivity index (χ4n) is 2.75. The van der Waals surface area contributed by atoms with Gasteiger partial charge in [0.25, 0.3) is 10.0 Å². The summed E-state index contributed by atoms with van der Waals surface area (Å²) in [5.74, 6) is -0.185. The average molecular weight is 335 g/mol. The van der Waals surface area contributed by atoms with Crippen LogP contribution in [0, 0.1) is 13.8 Å². The highest BCUT2D eigenvalue weighted by molar-refractivity contribution is 7.93. The van der Waals surface area contributed by atoms with Crippen LogP contribution in [0.25, 0.3) is 0 Å². The lowest BCUT2D eigenvalue weighted by molar-refractivity contribution is -0.117. The molecule has 23 heavy (non-hydrogen) atoms. The number of pyridine rings is 1. The molecule has 0 radical (unpaired) electrons. The lowest BCUT2D eigenvalue weighted by Gasteiger charge is -2.33. The zero-order chi connectivity index (χ0) is 16.9. The Hall–Kier alpha value is -2.42. The van der Waals surface area contributed by atoms with Crippen molar-refractivity contribution in [3.05, 3.63) is 29.7 Å². The summed E-state index contributed by atoms with van der Waals surface area (Å²) in [5, 5.41) is 6.83. The summed E-state index contributed by atoms with van der Waals surface area (Å²) in [6.07, 6.45) is 1.49. The Bertz CT molecular complexity index is 903. The smallest absolute Gasteiger partial charge is 0.269 e. The maximum absolute atomic E-state index is 13.2. The molecule has 122 valence electrons. The molecule has 1 N–H and O–H groups in total. The molecule has 0 aromatic carbocycles. The SMILES string of the molecule is Cc1nn(C)c(C)c1S(=O)(=O)N1c2ncccc2NC(=O)C1C. The summed E-state index contributed by atoms with van der Waals surface area (Å²) < 4.78 is 29.0. The van der Waals surface area contributed by atoms with Gasteiger partial charge in [0, 0.05) is 13.2 Å². The van der Waals surface area contributed by atoms with Crippen molar-refractivity contribution < 1.29 is 13.2 Å². The number of carbonyl (C=O) groups excluding carboxylic acids is 1. The topological polar surface area (TPSA) is 97.2 Å². The average Bonchev–Trinajstić information content (AvgIpc) is 2.73. The van der Waals surface area contributed by atoms with Crippen molar-refractivity contribution in [3.8, 4) is 0 Å². The summed E-state index contributed by atoms with van der Waals surface area (Å²) in [5.41, 5.74) is 1.28. The van der Waals surface area contributed by atoms with Crippen molar-refractivity contribution in [2.45, 2.75) is 31.7 Å². The summed E-state index contributed by atoms with van der Waals surface area (Å²) in [7, 11) is -2.29. The van der Waals surface area contributed by atoms with Crippen molar-refractivity contribution in [3.63, 3.8) is 0 Å². The second-order valence-corrected chi connectivity index (χ2v) is 7.22. The van der Waals surface area contributed by atoms with Gasteiger partial charge in [-0.3, -0.25) is 9.48 Å². The van der Waals surface area contributed by atoms with Crippen LogP contribution in [0.4, 0.5) is 11.5 Å². The summed E-state index contributed by atoms with van der Waals surface area (Å²) >= 11 is 0. The highest BCUT2D eigenvalue weighted by Crippen LogP contribution is 2.35. The standard InChI is InChI=1S/C14H17N5O3S/c1-8-12(9(2)18(4)17-8)23(21,22)19-10(3)14(20)16-11-6-5-7-15-13(11)19/h5-7,10H,1-4H3,(H,16,20). The molecule has 3 rings (SSSR count). The third-order valence-electron chi connectivity index (χ3n) is 3.94. The molecule has 0 spiro atoms. The lowest BCUT2D eigenvalue weighted by Crippen LogP contribution is -2.49. The number of carbonyl (C=O) groups is 1. The molecule has 3 heterocycles. The molecule has 1 amide bonds. The van der Waals surface area contributed by atoms with E-state index in [1.807, 2.05) is 0 Å². The Morgan fingerprint density at radius 2 is 2.00 bits per heavy atom. The Morgan fingerprint density at radius 1 is 1.30 bits per heavy atom. The number of amides is 1. The third kappa shape index (κ3) is 2.19. The normalized spacial score (nSPS) is 17.8. The first-order valence-electron chi connectivity index (χ1n) is 7.05. The van der Waals surface area contributed by atoms with E-state index in [-0.39, 0.29) is 10.7 Å². The van der Waals surface area contributed by atoms with Crippen LogP contribution < -0.4 is 9.62 Å². The highest BCUT2D eigenvalue weighted by Gasteiger charge is 2.41. The van der Waals surface area contributed by atoms with Crippen LogP contribution in [0.15, 0.2) is 23.2 Å². The Labute approximate surface area is 134 Å². The number of aryl methyl sites for hydroxylation is 2. The van der Waals surface area contributed by atoms with E-state index in [1.54, 1.807) is 33.0 Å². The molecule has 2 aromatic rings. The van der Waals surface area contributed by atoms with Gasteiger partial charge < -0.3 is 5.32 Å². The fraction of sp³-hybridized carbons (Fsp3) is 0.357. The van der Waals surface area contributed by atoms with Crippen molar-refractivity contribution in [1.82, 2.24) is 14.8 Å². The van der Waals surface area contributed by atoms with Gasteiger partial charge >= 0.3 is 0 Å². The molecule has 2 aromatic heterocycles. The van der Waals surface area contributed by atoms with Crippen molar-refractivity contribution >= 4 is 27.4 Å². The van der Waals surface area contributed by atoms with Gasteiger partial charge in [-0.2, -0.15) is 5.10 Å². The van der Waals surface area contributed by atoms with Gasteiger partial charge in [-0.1, -0.05) is 0 Å². The molecule has 9 heteroatoms. The Kier molecular flexibility index (Phi) is 3.40. The third-order valence-corrected chi connectivity index (χ3v) is 6.06. The van der Waals surface area contributed by atoms with E-state index in [0.717, 1.165) is 4.31 Å². The largest absolute Gasteiger partial charge is 0.321 e. The lowest BCUT2D eigenvalue weighted by atomic mass is 10.2. The number of nitrogens with zero attached hydrogens (tertiary/aromatic N) is 4. The second kappa shape index (κ2) is 5.05. The summed E-state index contributed by atoms with van der Waals surface area (Å²) in [6, 6.07) is 2.36. The van der Waals surface area contributed by atoms with Gasteiger partial charge in [0.15, 0.2) is 5.82 Å². The van der Waals surface area contributed by atoms with Gasteiger partial charge in [-0.15, -0.1) is 0 Å². The number of rotatable bonds is 2. The van der Waals surface area contributed by atoms with Gasteiger partial charge in [0.05, 0.1) is 17.1 Å². The fourth-order valence-corrected chi connectivity index (χ4v) is 4.75. The Morgan fingerprint density at radius 3 is 2.61 bits per heavy atom. The zero-order valence-corrected chi connectivity index (χ0v) is 14.0. The molecule has 0 bridgehead atoms. The van der Waals surface area contributed by atoms with Crippen molar-refractivity contribution in [2.24, 2.45) is 7.05 Å². The van der Waals surface area contributed by atoms with E-state index in [9.17, 15) is 13.2 Å². The number of aromatic nitrogens is 3. The molecular weight excluding hydrogens is 318 g/mol. The number of hydrogen-bond acceptors (Lipinski definition) is 5. The molecule has 1 aliphatic heterocycles. The van der Waals surface area contributed by atoms with Crippen LogP contribution in [0.5, 0.6) is 0 Å². The van der Waals surface area contributed by atoms with Crippen LogP contribution >= 0.6 is 0 Å². The predicted molar refractivity (Wildman–Crippen MR) is 84.7 cm³/mol. The molecule has 1 atom stereocenters. The van der Waals surface area contributed by atoms with Crippen LogP contribution in [0.1, 0.15) is 18.3 Å². The monoisotopic (exact) mass is 335 g/mol. The quantitative estimate of drug-likeness (QED) is 0.882. The molecule has 0 saturated carbocycles. The van der Waals surface area contributed by atoms with Crippen LogP contribution in [-0.4, -0.2) is 35.1 Å². The maximum atomic E-state index is 13.2. The minimum Gasteiger partial charge on any atom is -0.321 e. The molecule has 0 fully saturated rings. The van der Waals surface area contributed by atoms with Crippen LogP contribution in [0.2, 0.25) is 0 Å². The van der Waals surface area contributed by atoms with Crippen molar-refractivity contribution in [2.75, 3.05) is 9.62 Å². The molecule has 1 unspecified atom stereocenters. The summed E-state index contributed by atoms with van der Waals surface area (Å²) in [4.78, 5) is 16.4. The van der Waals surface area contributed by atoms with Gasteiger partial charge in [-0.05, 0) is 32.9 Å². The van der Waals surface area contributed by atoms with Crippen LogP contribution in [-0.2, 0) is 21.9 Å². The van der Waals surface area contributed by atoms with E-state index in [4.69, 9.17) is 0 Å². The van der Waals surface area contributed by atoms with E-state index in [2.05, 4.69) is 15.4 Å². The van der Waals surface area contributed by atoms with E-state index in [0.29, 0.717) is 17.1 Å². The first-order valence-corrected chi connectivity index (χ1v) is 8.49. The molecule has 1 aliphatic rings. The molecule has 0 aliphatic carbocycles. The predicted octanol–water partition coefficient (Wildman–Crippen LogP) is 0.968. The van der Waals surface area contributed by atoms with E-state index in [1.165, 1.54) is 17.8 Å². The van der Waals surface area contributed by atoms with Crippen LogP contribution in [0.3, 0.4) is 0 Å². The van der Waals surface area contributed by atoms with Gasteiger partial charge in [0.2, 0.25) is 5.91 Å². The number of sulfonamides is 1. The number of nitrogens with one attached hydrogen (secondary N) is 1. The van der Waals surface area contributed by atoms with Gasteiger partial charge in [0.1, 0.15) is 10.9 Å².